The molecule has 5 heteroatoms. The Morgan fingerprint density at radius 3 is 2.45 bits per heavy atom. The first kappa shape index (κ1) is 14.8. The maximum atomic E-state index is 12.5. The van der Waals surface area contributed by atoms with E-state index in [1.165, 1.54) is 11.1 Å². The summed E-state index contributed by atoms with van der Waals surface area (Å²) in [4.78, 5) is 23.9. The summed E-state index contributed by atoms with van der Waals surface area (Å²) in [7, 11) is 0. The van der Waals surface area contributed by atoms with E-state index in [9.17, 15) is 4.79 Å². The molecule has 0 radical (unpaired) electrons. The number of aryl methyl sites for hydroxylation is 3. The lowest BCUT2D eigenvalue weighted by molar-refractivity contribution is -0.121. The van der Waals surface area contributed by atoms with Crippen molar-refractivity contribution in [3.63, 3.8) is 0 Å². The van der Waals surface area contributed by atoms with E-state index in [0.29, 0.717) is 6.54 Å². The van der Waals surface area contributed by atoms with Gasteiger partial charge >= 0.3 is 0 Å². The van der Waals surface area contributed by atoms with Crippen LogP contribution >= 0.6 is 0 Å². The number of hydrogen-bond donors (Lipinski definition) is 1. The SMILES string of the molecule is Cc1cc(C)cc(N2CCN(Cc3nc[nH]c3C)CC2=O)c1. The normalized spacial score (nSPS) is 16.3. The van der Waals surface area contributed by atoms with Crippen molar-refractivity contribution in [1.82, 2.24) is 14.9 Å². The van der Waals surface area contributed by atoms with Crippen molar-refractivity contribution in [2.75, 3.05) is 24.5 Å². The van der Waals surface area contributed by atoms with E-state index < -0.39 is 0 Å². The zero-order valence-corrected chi connectivity index (χ0v) is 13.4. The first-order valence-electron chi connectivity index (χ1n) is 7.63. The topological polar surface area (TPSA) is 52.2 Å². The van der Waals surface area contributed by atoms with E-state index in [1.807, 2.05) is 11.8 Å². The smallest absolute Gasteiger partial charge is 0.241 e. The molecule has 1 saturated heterocycles. The van der Waals surface area contributed by atoms with Crippen molar-refractivity contribution in [1.29, 1.82) is 0 Å². The van der Waals surface area contributed by atoms with Gasteiger partial charge in [0.25, 0.3) is 0 Å². The summed E-state index contributed by atoms with van der Waals surface area (Å²) in [5, 5.41) is 0. The molecule has 1 aromatic heterocycles. The van der Waals surface area contributed by atoms with Crippen molar-refractivity contribution < 1.29 is 4.79 Å². The molecule has 1 N–H and O–H groups in total. The molecular weight excluding hydrogens is 276 g/mol. The number of amides is 1. The van der Waals surface area contributed by atoms with Gasteiger partial charge in [-0.25, -0.2) is 4.98 Å². The van der Waals surface area contributed by atoms with E-state index in [0.717, 1.165) is 36.7 Å². The van der Waals surface area contributed by atoms with Crippen LogP contribution in [0, 0.1) is 20.8 Å². The fourth-order valence-electron chi connectivity index (χ4n) is 2.99. The lowest BCUT2D eigenvalue weighted by atomic mass is 10.1. The molecule has 22 heavy (non-hydrogen) atoms. The number of H-pyrrole nitrogens is 1. The molecule has 5 nitrogen and oxygen atoms in total. The van der Waals surface area contributed by atoms with Crippen molar-refractivity contribution >= 4 is 11.6 Å². The molecule has 1 aliphatic rings. The summed E-state index contributed by atoms with van der Waals surface area (Å²) >= 11 is 0. The number of nitrogens with one attached hydrogen (secondary N) is 1. The standard InChI is InChI=1S/C17H22N4O/c1-12-6-13(2)8-15(7-12)21-5-4-20(10-17(21)22)9-16-14(3)18-11-19-16/h6-8,11H,4-5,9-10H2,1-3H3,(H,18,19). The fourth-order valence-corrected chi connectivity index (χ4v) is 2.99. The molecule has 3 rings (SSSR count). The number of rotatable bonds is 3. The van der Waals surface area contributed by atoms with Gasteiger partial charge in [-0.3, -0.25) is 9.69 Å². The number of benzene rings is 1. The largest absolute Gasteiger partial charge is 0.348 e. The number of imidazole rings is 1. The van der Waals surface area contributed by atoms with E-state index in [2.05, 4.69) is 46.9 Å². The zero-order chi connectivity index (χ0) is 15.7. The highest BCUT2D eigenvalue weighted by Crippen LogP contribution is 2.21. The summed E-state index contributed by atoms with van der Waals surface area (Å²) in [6, 6.07) is 6.29. The molecule has 2 heterocycles. The zero-order valence-electron chi connectivity index (χ0n) is 13.4. The summed E-state index contributed by atoms with van der Waals surface area (Å²) < 4.78 is 0. The maximum Gasteiger partial charge on any atom is 0.241 e. The van der Waals surface area contributed by atoms with E-state index in [-0.39, 0.29) is 5.91 Å². The number of hydrogen-bond acceptors (Lipinski definition) is 3. The predicted octanol–water partition coefficient (Wildman–Crippen LogP) is 2.18. The van der Waals surface area contributed by atoms with Crippen molar-refractivity contribution in [3.05, 3.63) is 47.0 Å². The average Bonchev–Trinajstić information content (AvgIpc) is 2.83. The second-order valence-corrected chi connectivity index (χ2v) is 6.08. The van der Waals surface area contributed by atoms with Gasteiger partial charge in [-0.1, -0.05) is 6.07 Å². The Balaban J connectivity index is 1.70. The molecule has 2 aromatic rings. The van der Waals surface area contributed by atoms with Gasteiger partial charge in [0.1, 0.15) is 0 Å². The Labute approximate surface area is 131 Å². The van der Waals surface area contributed by atoms with Gasteiger partial charge in [-0.15, -0.1) is 0 Å². The molecule has 1 aliphatic heterocycles. The third-order valence-corrected chi connectivity index (χ3v) is 4.13. The lowest BCUT2D eigenvalue weighted by Crippen LogP contribution is -2.50. The van der Waals surface area contributed by atoms with Gasteiger partial charge in [-0.05, 0) is 44.0 Å². The highest BCUT2D eigenvalue weighted by atomic mass is 16.2. The van der Waals surface area contributed by atoms with Crippen LogP contribution in [0.3, 0.4) is 0 Å². The molecule has 1 aromatic carbocycles. The lowest BCUT2D eigenvalue weighted by Gasteiger charge is -2.34. The van der Waals surface area contributed by atoms with Gasteiger partial charge in [0.2, 0.25) is 5.91 Å². The monoisotopic (exact) mass is 298 g/mol. The molecule has 0 aliphatic carbocycles. The Morgan fingerprint density at radius 1 is 1.14 bits per heavy atom. The van der Waals surface area contributed by atoms with Crippen LogP contribution < -0.4 is 4.90 Å². The van der Waals surface area contributed by atoms with Gasteiger partial charge < -0.3 is 9.88 Å². The third-order valence-electron chi connectivity index (χ3n) is 4.13. The Kier molecular flexibility index (Phi) is 3.98. The minimum atomic E-state index is 0.157. The maximum absolute atomic E-state index is 12.5. The van der Waals surface area contributed by atoms with Crippen LogP contribution in [0.15, 0.2) is 24.5 Å². The fraction of sp³-hybridized carbons (Fsp3) is 0.412. The first-order chi connectivity index (χ1) is 10.5. The molecule has 0 saturated carbocycles. The number of nitrogens with zero attached hydrogens (tertiary/aromatic N) is 3. The summed E-state index contributed by atoms with van der Waals surface area (Å²) in [5.74, 6) is 0.157. The minimum Gasteiger partial charge on any atom is -0.348 e. The van der Waals surface area contributed by atoms with Gasteiger partial charge in [0.15, 0.2) is 0 Å². The van der Waals surface area contributed by atoms with Crippen LogP contribution in [-0.4, -0.2) is 40.4 Å². The van der Waals surface area contributed by atoms with E-state index in [4.69, 9.17) is 0 Å². The summed E-state index contributed by atoms with van der Waals surface area (Å²) in [6.07, 6.45) is 1.71. The van der Waals surface area contributed by atoms with Crippen LogP contribution in [0.1, 0.15) is 22.5 Å². The van der Waals surface area contributed by atoms with E-state index in [1.54, 1.807) is 6.33 Å². The Morgan fingerprint density at radius 2 is 1.86 bits per heavy atom. The molecular formula is C17H22N4O. The molecule has 116 valence electrons. The number of aromatic nitrogens is 2. The highest BCUT2D eigenvalue weighted by molar-refractivity contribution is 5.95. The number of aromatic amines is 1. The van der Waals surface area contributed by atoms with Crippen molar-refractivity contribution in [2.24, 2.45) is 0 Å². The van der Waals surface area contributed by atoms with Gasteiger partial charge in [-0.2, -0.15) is 0 Å². The van der Waals surface area contributed by atoms with E-state index >= 15 is 0 Å². The highest BCUT2D eigenvalue weighted by Gasteiger charge is 2.25. The van der Waals surface area contributed by atoms with Gasteiger partial charge in [0, 0.05) is 31.0 Å². The quantitative estimate of drug-likeness (QED) is 0.945. The van der Waals surface area contributed by atoms with Crippen molar-refractivity contribution in [3.8, 4) is 0 Å². The van der Waals surface area contributed by atoms with Crippen molar-refractivity contribution in [2.45, 2.75) is 27.3 Å². The molecule has 1 amide bonds. The molecule has 1 fully saturated rings. The Hall–Kier alpha value is -2.14. The molecule has 0 unspecified atom stereocenters. The number of carbonyl (C=O) groups excluding carboxylic acids is 1. The first-order valence-corrected chi connectivity index (χ1v) is 7.63. The number of piperazine rings is 1. The molecule has 0 spiro atoms. The van der Waals surface area contributed by atoms with Crippen LogP contribution in [-0.2, 0) is 11.3 Å². The van der Waals surface area contributed by atoms with Crippen LogP contribution in [0.4, 0.5) is 5.69 Å². The second kappa shape index (κ2) is 5.93. The average molecular weight is 298 g/mol. The Bertz CT molecular complexity index is 671. The van der Waals surface area contributed by atoms with Crippen LogP contribution in [0.2, 0.25) is 0 Å². The number of anilines is 1. The van der Waals surface area contributed by atoms with Gasteiger partial charge in [0.05, 0.1) is 18.6 Å². The minimum absolute atomic E-state index is 0.157. The van der Waals surface area contributed by atoms with Crippen LogP contribution in [0.25, 0.3) is 0 Å². The second-order valence-electron chi connectivity index (χ2n) is 6.08. The summed E-state index contributed by atoms with van der Waals surface area (Å²) in [6.45, 7) is 8.91. The molecule has 0 bridgehead atoms. The number of carbonyl (C=O) groups is 1. The summed E-state index contributed by atoms with van der Waals surface area (Å²) in [5.41, 5.74) is 5.49. The molecule has 0 atom stereocenters. The third kappa shape index (κ3) is 3.04. The van der Waals surface area contributed by atoms with Crippen LogP contribution in [0.5, 0.6) is 0 Å². The predicted molar refractivity (Wildman–Crippen MR) is 86.9 cm³/mol.